The Morgan fingerprint density at radius 2 is 2.11 bits per heavy atom. The second-order valence-electron chi connectivity index (χ2n) is 4.26. The molecule has 0 fully saturated rings. The summed E-state index contributed by atoms with van der Waals surface area (Å²) >= 11 is 5.95. The van der Waals surface area contributed by atoms with Crippen molar-refractivity contribution in [2.24, 2.45) is 0 Å². The molecule has 5 heteroatoms. The average Bonchev–Trinajstić information content (AvgIpc) is 2.54. The Morgan fingerprint density at radius 3 is 2.61 bits per heavy atom. The third-order valence-electron chi connectivity index (χ3n) is 2.97. The Kier molecular flexibility index (Phi) is 3.22. The highest BCUT2D eigenvalue weighted by atomic mass is 35.5. The lowest BCUT2D eigenvalue weighted by atomic mass is 9.98. The van der Waals surface area contributed by atoms with Gasteiger partial charge in [0.25, 0.3) is 5.91 Å². The Balaban J connectivity index is 2.68. The second kappa shape index (κ2) is 4.53. The van der Waals surface area contributed by atoms with E-state index in [4.69, 9.17) is 16.3 Å². The summed E-state index contributed by atoms with van der Waals surface area (Å²) in [6.07, 6.45) is 0. The van der Waals surface area contributed by atoms with Crippen LogP contribution in [0.3, 0.4) is 0 Å². The van der Waals surface area contributed by atoms with E-state index in [0.717, 1.165) is 5.56 Å². The van der Waals surface area contributed by atoms with E-state index < -0.39 is 0 Å². The minimum atomic E-state index is -0.382. The lowest BCUT2D eigenvalue weighted by Gasteiger charge is -2.12. The SMILES string of the molecule is COc1cc(Cl)cc(C)c1C1=C(O)C(C)NC1=O. The molecular formula is C13H14ClNO3. The first-order valence-corrected chi connectivity index (χ1v) is 5.92. The molecule has 1 amide bonds. The van der Waals surface area contributed by atoms with E-state index >= 15 is 0 Å². The van der Waals surface area contributed by atoms with Crippen molar-refractivity contribution in [3.63, 3.8) is 0 Å². The number of carbonyl (C=O) groups is 1. The second-order valence-corrected chi connectivity index (χ2v) is 4.69. The van der Waals surface area contributed by atoms with Gasteiger partial charge in [0.15, 0.2) is 0 Å². The molecule has 0 aromatic heterocycles. The van der Waals surface area contributed by atoms with Crippen molar-refractivity contribution >= 4 is 23.1 Å². The minimum Gasteiger partial charge on any atom is -0.509 e. The van der Waals surface area contributed by atoms with E-state index in [1.54, 1.807) is 19.1 Å². The van der Waals surface area contributed by atoms with Crippen molar-refractivity contribution in [3.8, 4) is 5.75 Å². The summed E-state index contributed by atoms with van der Waals surface area (Å²) in [4.78, 5) is 11.9. The molecule has 4 nitrogen and oxygen atoms in total. The minimum absolute atomic E-state index is 0.0312. The van der Waals surface area contributed by atoms with Gasteiger partial charge in [0.2, 0.25) is 0 Å². The van der Waals surface area contributed by atoms with Gasteiger partial charge in [-0.1, -0.05) is 11.6 Å². The third kappa shape index (κ3) is 1.93. The Morgan fingerprint density at radius 1 is 1.44 bits per heavy atom. The number of halogens is 1. The van der Waals surface area contributed by atoms with Gasteiger partial charge in [-0.3, -0.25) is 4.79 Å². The fourth-order valence-corrected chi connectivity index (χ4v) is 2.37. The zero-order valence-electron chi connectivity index (χ0n) is 10.4. The maximum absolute atomic E-state index is 11.9. The number of amides is 1. The number of hydrogen-bond donors (Lipinski definition) is 2. The maximum Gasteiger partial charge on any atom is 0.256 e. The van der Waals surface area contributed by atoms with Crippen LogP contribution >= 0.6 is 11.6 Å². The molecule has 0 saturated heterocycles. The Hall–Kier alpha value is -1.68. The van der Waals surface area contributed by atoms with Crippen LogP contribution in [0.1, 0.15) is 18.1 Å². The monoisotopic (exact) mass is 267 g/mol. The average molecular weight is 268 g/mol. The fourth-order valence-electron chi connectivity index (χ4n) is 2.11. The van der Waals surface area contributed by atoms with Gasteiger partial charge in [0.1, 0.15) is 11.5 Å². The highest BCUT2D eigenvalue weighted by molar-refractivity contribution is 6.31. The summed E-state index contributed by atoms with van der Waals surface area (Å²) in [5.74, 6) is 0.207. The van der Waals surface area contributed by atoms with Gasteiger partial charge >= 0.3 is 0 Å². The molecule has 0 saturated carbocycles. The van der Waals surface area contributed by atoms with Crippen molar-refractivity contribution in [1.29, 1.82) is 0 Å². The van der Waals surface area contributed by atoms with Crippen LogP contribution in [-0.4, -0.2) is 24.2 Å². The zero-order chi connectivity index (χ0) is 13.4. The van der Waals surface area contributed by atoms with E-state index in [-0.39, 0.29) is 23.3 Å². The Labute approximate surface area is 110 Å². The maximum atomic E-state index is 11.9. The molecule has 0 spiro atoms. The van der Waals surface area contributed by atoms with Gasteiger partial charge in [-0.15, -0.1) is 0 Å². The smallest absolute Gasteiger partial charge is 0.256 e. The van der Waals surface area contributed by atoms with Crippen LogP contribution in [-0.2, 0) is 4.79 Å². The number of aliphatic hydroxyl groups excluding tert-OH is 1. The number of aryl methyl sites for hydroxylation is 1. The molecule has 1 aromatic rings. The number of carbonyl (C=O) groups excluding carboxylic acids is 1. The number of methoxy groups -OCH3 is 1. The molecule has 2 N–H and O–H groups in total. The van der Waals surface area contributed by atoms with Crippen LogP contribution in [0.2, 0.25) is 5.02 Å². The Bertz CT molecular complexity index is 551. The third-order valence-corrected chi connectivity index (χ3v) is 3.19. The van der Waals surface area contributed by atoms with Crippen molar-refractivity contribution in [2.75, 3.05) is 7.11 Å². The van der Waals surface area contributed by atoms with Crippen LogP contribution in [0.5, 0.6) is 5.75 Å². The highest BCUT2D eigenvalue weighted by Gasteiger charge is 2.32. The van der Waals surface area contributed by atoms with Gasteiger partial charge in [-0.05, 0) is 31.5 Å². The zero-order valence-corrected chi connectivity index (χ0v) is 11.1. The van der Waals surface area contributed by atoms with E-state index in [2.05, 4.69) is 5.32 Å². The summed E-state index contributed by atoms with van der Waals surface area (Å²) in [7, 11) is 1.50. The van der Waals surface area contributed by atoms with Gasteiger partial charge in [-0.25, -0.2) is 0 Å². The molecule has 18 heavy (non-hydrogen) atoms. The van der Waals surface area contributed by atoms with Gasteiger partial charge in [0, 0.05) is 10.6 Å². The predicted molar refractivity (Wildman–Crippen MR) is 69.9 cm³/mol. The summed E-state index contributed by atoms with van der Waals surface area (Å²) < 4.78 is 5.24. The van der Waals surface area contributed by atoms with Gasteiger partial charge in [-0.2, -0.15) is 0 Å². The van der Waals surface area contributed by atoms with E-state index in [0.29, 0.717) is 16.3 Å². The molecule has 1 atom stereocenters. The fraction of sp³-hybridized carbons (Fsp3) is 0.308. The van der Waals surface area contributed by atoms with Crippen molar-refractivity contribution in [2.45, 2.75) is 19.9 Å². The predicted octanol–water partition coefficient (Wildman–Crippen LogP) is 2.44. The topological polar surface area (TPSA) is 58.6 Å². The molecule has 1 heterocycles. The largest absolute Gasteiger partial charge is 0.509 e. The number of rotatable bonds is 2. The number of aliphatic hydroxyl groups is 1. The molecule has 0 radical (unpaired) electrons. The van der Waals surface area contributed by atoms with Crippen molar-refractivity contribution < 1.29 is 14.6 Å². The normalized spacial score (nSPS) is 19.1. The standard InChI is InChI=1S/C13H14ClNO3/c1-6-4-8(14)5-9(18-3)10(6)11-12(16)7(2)15-13(11)17/h4-5,7,16H,1-3H3,(H,15,17). The van der Waals surface area contributed by atoms with Crippen LogP contribution in [0.15, 0.2) is 17.9 Å². The lowest BCUT2D eigenvalue weighted by molar-refractivity contribution is -0.115. The van der Waals surface area contributed by atoms with E-state index in [1.165, 1.54) is 7.11 Å². The molecular weight excluding hydrogens is 254 g/mol. The van der Waals surface area contributed by atoms with Crippen molar-refractivity contribution in [3.05, 3.63) is 34.0 Å². The van der Waals surface area contributed by atoms with Crippen molar-refractivity contribution in [1.82, 2.24) is 5.32 Å². The first-order valence-electron chi connectivity index (χ1n) is 5.54. The highest BCUT2D eigenvalue weighted by Crippen LogP contribution is 2.36. The molecule has 96 valence electrons. The van der Waals surface area contributed by atoms with Crippen LogP contribution in [0.25, 0.3) is 5.57 Å². The van der Waals surface area contributed by atoms with E-state index in [1.807, 2.05) is 6.92 Å². The number of ether oxygens (including phenoxy) is 1. The lowest BCUT2D eigenvalue weighted by Crippen LogP contribution is -2.25. The quantitative estimate of drug-likeness (QED) is 0.865. The first kappa shape index (κ1) is 12.8. The molecule has 1 aliphatic heterocycles. The van der Waals surface area contributed by atoms with Crippen LogP contribution in [0.4, 0.5) is 0 Å². The number of nitrogens with one attached hydrogen (secondary N) is 1. The summed E-state index contributed by atoms with van der Waals surface area (Å²) in [5, 5.41) is 13.2. The molecule has 2 rings (SSSR count). The molecule has 1 aromatic carbocycles. The first-order chi connectivity index (χ1) is 8.45. The summed E-state index contributed by atoms with van der Waals surface area (Å²) in [5.41, 5.74) is 1.62. The summed E-state index contributed by atoms with van der Waals surface area (Å²) in [6.45, 7) is 3.54. The molecule has 0 bridgehead atoms. The number of hydrogen-bond acceptors (Lipinski definition) is 3. The van der Waals surface area contributed by atoms with Crippen LogP contribution in [0, 0.1) is 6.92 Å². The summed E-state index contributed by atoms with van der Waals surface area (Å²) in [6, 6.07) is 2.98. The molecule has 0 aliphatic carbocycles. The van der Waals surface area contributed by atoms with Gasteiger partial charge < -0.3 is 15.2 Å². The van der Waals surface area contributed by atoms with E-state index in [9.17, 15) is 9.90 Å². The van der Waals surface area contributed by atoms with Gasteiger partial charge in [0.05, 0.1) is 18.7 Å². The molecule has 1 unspecified atom stereocenters. The number of benzene rings is 1. The molecule has 1 aliphatic rings. The van der Waals surface area contributed by atoms with Crippen LogP contribution < -0.4 is 10.1 Å².